The number of nitro groups is 1. The van der Waals surface area contributed by atoms with Crippen LogP contribution in [0.4, 0.5) is 15.2 Å². The molecule has 10 nitrogen and oxygen atoms in total. The average molecular weight is 472 g/mol. The molecule has 2 aromatic carbocycles. The van der Waals surface area contributed by atoms with Crippen molar-refractivity contribution in [2.45, 2.75) is 19.4 Å². The Morgan fingerprint density at radius 1 is 1.33 bits per heavy atom. The number of fused-ring (bicyclic) bond motifs is 1. The van der Waals surface area contributed by atoms with Gasteiger partial charge >= 0.3 is 5.76 Å². The number of benzene rings is 2. The van der Waals surface area contributed by atoms with E-state index < -0.39 is 16.5 Å². The van der Waals surface area contributed by atoms with Crippen molar-refractivity contribution in [3.63, 3.8) is 0 Å². The van der Waals surface area contributed by atoms with Crippen LogP contribution in [0.2, 0.25) is 0 Å². The second-order valence-electron chi connectivity index (χ2n) is 6.96. The number of oxazole rings is 1. The van der Waals surface area contributed by atoms with Gasteiger partial charge in [0.25, 0.3) is 5.69 Å². The SMILES string of the molecule is COc1ccc(F)cc1-c1csc(NC(=O)CCCn2c(=O)oc3cc([N+](=O)[O-])ccc32)n1. The number of rotatable bonds is 8. The van der Waals surface area contributed by atoms with Gasteiger partial charge < -0.3 is 14.5 Å². The third-order valence-corrected chi connectivity index (χ3v) is 5.59. The summed E-state index contributed by atoms with van der Waals surface area (Å²) in [7, 11) is 1.47. The fraction of sp³-hybridized carbons (Fsp3) is 0.190. The van der Waals surface area contributed by atoms with E-state index >= 15 is 0 Å². The highest BCUT2D eigenvalue weighted by molar-refractivity contribution is 7.14. The molecule has 0 saturated heterocycles. The van der Waals surface area contributed by atoms with E-state index in [1.54, 1.807) is 5.38 Å². The summed E-state index contributed by atoms with van der Waals surface area (Å²) >= 11 is 1.19. The first-order valence-electron chi connectivity index (χ1n) is 9.73. The second-order valence-corrected chi connectivity index (χ2v) is 7.82. The molecule has 2 aromatic heterocycles. The predicted octanol–water partition coefficient (Wildman–Crippen LogP) is 4.19. The van der Waals surface area contributed by atoms with Crippen molar-refractivity contribution in [3.05, 3.63) is 68.3 Å². The normalized spacial score (nSPS) is 11.0. The maximum absolute atomic E-state index is 13.6. The van der Waals surface area contributed by atoms with E-state index in [9.17, 15) is 24.1 Å². The van der Waals surface area contributed by atoms with E-state index in [2.05, 4.69) is 10.3 Å². The van der Waals surface area contributed by atoms with E-state index in [4.69, 9.17) is 9.15 Å². The highest BCUT2D eigenvalue weighted by Crippen LogP contribution is 2.32. The number of hydrogen-bond donors (Lipinski definition) is 1. The predicted molar refractivity (Wildman–Crippen MR) is 119 cm³/mol. The number of non-ortho nitro benzene ring substituents is 1. The van der Waals surface area contributed by atoms with Crippen LogP contribution in [0.15, 0.2) is 51.0 Å². The largest absolute Gasteiger partial charge is 0.496 e. The molecule has 2 heterocycles. The molecule has 4 rings (SSSR count). The molecule has 1 N–H and O–H groups in total. The summed E-state index contributed by atoms with van der Waals surface area (Å²) in [5.41, 5.74) is 1.29. The molecule has 4 aromatic rings. The lowest BCUT2D eigenvalue weighted by Crippen LogP contribution is -2.17. The second kappa shape index (κ2) is 9.20. The molecule has 1 amide bonds. The van der Waals surface area contributed by atoms with E-state index in [1.165, 1.54) is 59.4 Å². The molecule has 0 bridgehead atoms. The first kappa shape index (κ1) is 22.1. The number of thiazole rings is 1. The third-order valence-electron chi connectivity index (χ3n) is 4.84. The minimum Gasteiger partial charge on any atom is -0.496 e. The molecular formula is C21H17FN4O6S. The van der Waals surface area contributed by atoms with E-state index in [1.807, 2.05) is 0 Å². The van der Waals surface area contributed by atoms with Crippen molar-refractivity contribution in [1.29, 1.82) is 0 Å². The highest BCUT2D eigenvalue weighted by Gasteiger charge is 2.15. The lowest BCUT2D eigenvalue weighted by Gasteiger charge is -2.06. The summed E-state index contributed by atoms with van der Waals surface area (Å²) in [6.45, 7) is 0.195. The molecule has 0 saturated carbocycles. The number of halogens is 1. The lowest BCUT2D eigenvalue weighted by molar-refractivity contribution is -0.384. The number of nitro benzene ring substituents is 1. The zero-order valence-corrected chi connectivity index (χ0v) is 18.1. The van der Waals surface area contributed by atoms with Gasteiger partial charge in [-0.15, -0.1) is 11.3 Å². The molecule has 0 atom stereocenters. The fourth-order valence-electron chi connectivity index (χ4n) is 3.30. The van der Waals surface area contributed by atoms with Gasteiger partial charge in [0.1, 0.15) is 11.6 Å². The zero-order valence-electron chi connectivity index (χ0n) is 17.2. The number of carbonyl (C=O) groups is 1. The van der Waals surface area contributed by atoms with Gasteiger partial charge in [0, 0.05) is 30.0 Å². The van der Waals surface area contributed by atoms with Crippen molar-refractivity contribution in [1.82, 2.24) is 9.55 Å². The molecule has 0 aliphatic heterocycles. The molecule has 33 heavy (non-hydrogen) atoms. The molecule has 0 radical (unpaired) electrons. The maximum atomic E-state index is 13.6. The van der Waals surface area contributed by atoms with E-state index in [-0.39, 0.29) is 30.1 Å². The van der Waals surface area contributed by atoms with Crippen LogP contribution in [0.5, 0.6) is 5.75 Å². The summed E-state index contributed by atoms with van der Waals surface area (Å²) in [5, 5.41) is 15.6. The Balaban J connectivity index is 1.38. The lowest BCUT2D eigenvalue weighted by atomic mass is 10.1. The van der Waals surface area contributed by atoms with Crippen LogP contribution in [0.1, 0.15) is 12.8 Å². The molecule has 12 heteroatoms. The summed E-state index contributed by atoms with van der Waals surface area (Å²) in [6.07, 6.45) is 0.428. The molecular weight excluding hydrogens is 455 g/mol. The Morgan fingerprint density at radius 2 is 2.15 bits per heavy atom. The molecule has 0 spiro atoms. The Kier molecular flexibility index (Phi) is 6.18. The van der Waals surface area contributed by atoms with Crippen LogP contribution in [0.25, 0.3) is 22.4 Å². The zero-order chi connectivity index (χ0) is 23.5. The van der Waals surface area contributed by atoms with Gasteiger partial charge in [0.2, 0.25) is 5.91 Å². The van der Waals surface area contributed by atoms with Gasteiger partial charge in [-0.05, 0) is 30.7 Å². The standard InChI is InChI=1S/C21H17FN4O6S/c1-31-17-7-4-12(22)9-14(17)15-11-33-20(23-15)24-19(27)3-2-8-25-16-6-5-13(26(29)30)10-18(16)32-21(25)28/h4-7,9-11H,2-3,8H2,1H3,(H,23,24,27). The number of aryl methyl sites for hydroxylation is 1. The fourth-order valence-corrected chi connectivity index (χ4v) is 4.02. The van der Waals surface area contributed by atoms with Gasteiger partial charge in [0.05, 0.1) is 29.3 Å². The van der Waals surface area contributed by atoms with Crippen molar-refractivity contribution < 1.29 is 23.3 Å². The molecule has 0 aliphatic rings. The van der Waals surface area contributed by atoms with E-state index in [0.29, 0.717) is 34.1 Å². The topological polar surface area (TPSA) is 130 Å². The quantitative estimate of drug-likeness (QED) is 0.301. The smallest absolute Gasteiger partial charge is 0.419 e. The molecule has 0 unspecified atom stereocenters. The average Bonchev–Trinajstić information content (AvgIpc) is 3.37. The number of methoxy groups -OCH3 is 1. The van der Waals surface area contributed by atoms with Crippen molar-refractivity contribution >= 4 is 39.2 Å². The Labute approximate surface area is 189 Å². The summed E-state index contributed by atoms with van der Waals surface area (Å²) in [6, 6.07) is 8.01. The first-order valence-corrected chi connectivity index (χ1v) is 10.6. The minimum atomic E-state index is -0.653. The van der Waals surface area contributed by atoms with Crippen LogP contribution in [-0.4, -0.2) is 27.5 Å². The Bertz CT molecular complexity index is 1410. The highest BCUT2D eigenvalue weighted by atomic mass is 32.1. The number of aromatic nitrogens is 2. The third kappa shape index (κ3) is 4.75. The number of carbonyl (C=O) groups excluding carboxylic acids is 1. The van der Waals surface area contributed by atoms with E-state index in [0.717, 1.165) is 0 Å². The summed E-state index contributed by atoms with van der Waals surface area (Å²) < 4.78 is 25.2. The van der Waals surface area contributed by atoms with Crippen LogP contribution in [0.3, 0.4) is 0 Å². The number of ether oxygens (including phenoxy) is 1. The van der Waals surface area contributed by atoms with Crippen molar-refractivity contribution in [3.8, 4) is 17.0 Å². The maximum Gasteiger partial charge on any atom is 0.419 e. The molecule has 0 aliphatic carbocycles. The van der Waals surface area contributed by atoms with Crippen LogP contribution < -0.4 is 15.8 Å². The van der Waals surface area contributed by atoms with Gasteiger partial charge in [0.15, 0.2) is 10.7 Å². The molecule has 0 fully saturated rings. The Hall–Kier alpha value is -4.06. The van der Waals surface area contributed by atoms with Gasteiger partial charge in [-0.25, -0.2) is 14.2 Å². The van der Waals surface area contributed by atoms with Gasteiger partial charge in [-0.3, -0.25) is 19.5 Å². The first-order chi connectivity index (χ1) is 15.9. The monoisotopic (exact) mass is 472 g/mol. The summed E-state index contributed by atoms with van der Waals surface area (Å²) in [5.74, 6) is -0.929. The minimum absolute atomic E-state index is 0.101. The number of nitrogens with zero attached hydrogens (tertiary/aromatic N) is 3. The summed E-state index contributed by atoms with van der Waals surface area (Å²) in [4.78, 5) is 39.0. The number of nitrogens with one attached hydrogen (secondary N) is 1. The van der Waals surface area contributed by atoms with Crippen LogP contribution in [0, 0.1) is 15.9 Å². The Morgan fingerprint density at radius 3 is 2.91 bits per heavy atom. The number of amides is 1. The van der Waals surface area contributed by atoms with Crippen LogP contribution >= 0.6 is 11.3 Å². The number of hydrogen-bond acceptors (Lipinski definition) is 8. The molecule has 170 valence electrons. The van der Waals surface area contributed by atoms with Gasteiger partial charge in [-0.1, -0.05) is 0 Å². The van der Waals surface area contributed by atoms with Crippen LogP contribution in [-0.2, 0) is 11.3 Å². The van der Waals surface area contributed by atoms with Crippen molar-refractivity contribution in [2.24, 2.45) is 0 Å². The number of anilines is 1. The van der Waals surface area contributed by atoms with Gasteiger partial charge in [-0.2, -0.15) is 0 Å². The van der Waals surface area contributed by atoms with Crippen molar-refractivity contribution in [2.75, 3.05) is 12.4 Å².